The van der Waals surface area contributed by atoms with Crippen molar-refractivity contribution in [1.29, 1.82) is 0 Å². The van der Waals surface area contributed by atoms with E-state index in [1.807, 2.05) is 6.07 Å². The van der Waals surface area contributed by atoms with Crippen molar-refractivity contribution in [2.45, 2.75) is 39.2 Å². The van der Waals surface area contributed by atoms with Gasteiger partial charge in [-0.1, -0.05) is 67.9 Å². The third-order valence-corrected chi connectivity index (χ3v) is 4.40. The minimum atomic E-state index is 0.387. The molecule has 0 saturated carbocycles. The van der Waals surface area contributed by atoms with Crippen LogP contribution < -0.4 is 5.32 Å². The predicted octanol–water partition coefficient (Wildman–Crippen LogP) is 4.97. The smallest absolute Gasteiger partial charge is 0.0441 e. The topological polar surface area (TPSA) is 12.0 Å². The van der Waals surface area contributed by atoms with Gasteiger partial charge in [-0.25, -0.2) is 0 Å². The van der Waals surface area contributed by atoms with Crippen LogP contribution in [0.3, 0.4) is 0 Å². The van der Waals surface area contributed by atoms with Crippen molar-refractivity contribution in [1.82, 2.24) is 5.32 Å². The van der Waals surface area contributed by atoms with Crippen molar-refractivity contribution < 1.29 is 0 Å². The van der Waals surface area contributed by atoms with Crippen LogP contribution in [0.2, 0.25) is 5.02 Å². The van der Waals surface area contributed by atoms with Crippen molar-refractivity contribution >= 4 is 11.6 Å². The molecule has 2 heteroatoms. The molecule has 0 aromatic heterocycles. The van der Waals surface area contributed by atoms with Crippen LogP contribution in [-0.4, -0.2) is 12.6 Å². The molecular formula is C19H24ClN. The number of benzene rings is 2. The molecule has 2 aromatic rings. The van der Waals surface area contributed by atoms with Crippen LogP contribution in [-0.2, 0) is 6.42 Å². The minimum absolute atomic E-state index is 0.387. The molecule has 0 radical (unpaired) electrons. The van der Waals surface area contributed by atoms with Gasteiger partial charge in [0.15, 0.2) is 0 Å². The molecule has 2 aromatic carbocycles. The highest BCUT2D eigenvalue weighted by Gasteiger charge is 2.19. The molecule has 0 fully saturated rings. The van der Waals surface area contributed by atoms with Crippen LogP contribution >= 0.6 is 11.6 Å². The molecule has 0 saturated heterocycles. The Labute approximate surface area is 133 Å². The summed E-state index contributed by atoms with van der Waals surface area (Å²) in [4.78, 5) is 0. The molecule has 0 aliphatic carbocycles. The van der Waals surface area contributed by atoms with Crippen molar-refractivity contribution in [3.05, 3.63) is 70.2 Å². The van der Waals surface area contributed by atoms with E-state index in [-0.39, 0.29) is 0 Å². The van der Waals surface area contributed by atoms with E-state index in [2.05, 4.69) is 68.6 Å². The zero-order valence-corrected chi connectivity index (χ0v) is 13.8. The van der Waals surface area contributed by atoms with Gasteiger partial charge < -0.3 is 5.32 Å². The lowest BCUT2D eigenvalue weighted by atomic mass is 9.89. The monoisotopic (exact) mass is 301 g/mol. The van der Waals surface area contributed by atoms with E-state index in [1.165, 1.54) is 16.7 Å². The zero-order chi connectivity index (χ0) is 15.2. The number of likely N-dealkylation sites (N-methyl/N-ethyl adjacent to an activating group) is 1. The molecule has 0 aliphatic heterocycles. The van der Waals surface area contributed by atoms with E-state index < -0.39 is 0 Å². The summed E-state index contributed by atoms with van der Waals surface area (Å²) in [6.07, 6.45) is 0.947. The maximum Gasteiger partial charge on any atom is 0.0441 e. The largest absolute Gasteiger partial charge is 0.313 e. The van der Waals surface area contributed by atoms with Gasteiger partial charge in [0, 0.05) is 11.1 Å². The molecule has 2 unspecified atom stereocenters. The van der Waals surface area contributed by atoms with Crippen LogP contribution in [0.5, 0.6) is 0 Å². The van der Waals surface area contributed by atoms with Crippen molar-refractivity contribution in [3.8, 4) is 0 Å². The van der Waals surface area contributed by atoms with Crippen LogP contribution in [0.1, 0.15) is 36.5 Å². The maximum atomic E-state index is 6.40. The van der Waals surface area contributed by atoms with Crippen LogP contribution in [0.25, 0.3) is 0 Å². The Balaban J connectivity index is 2.19. The number of hydrogen-bond donors (Lipinski definition) is 1. The van der Waals surface area contributed by atoms with Gasteiger partial charge in [-0.15, -0.1) is 0 Å². The summed E-state index contributed by atoms with van der Waals surface area (Å²) in [5.74, 6) is 0.448. The lowest BCUT2D eigenvalue weighted by molar-refractivity contribution is 0.458. The molecule has 1 N–H and O–H groups in total. The van der Waals surface area contributed by atoms with E-state index in [9.17, 15) is 0 Å². The standard InChI is InChI=1S/C19H24ClN/c1-4-21-19(15(3)16-8-6-5-7-9-16)13-17-11-10-14(2)12-18(17)20/h5-12,15,19,21H,4,13H2,1-3H3. The molecule has 2 rings (SSSR count). The van der Waals surface area contributed by atoms with Crippen molar-refractivity contribution in [2.75, 3.05) is 6.54 Å². The first-order valence-corrected chi connectivity index (χ1v) is 8.03. The predicted molar refractivity (Wildman–Crippen MR) is 92.2 cm³/mol. The fourth-order valence-electron chi connectivity index (χ4n) is 2.73. The molecule has 1 nitrogen and oxygen atoms in total. The van der Waals surface area contributed by atoms with E-state index >= 15 is 0 Å². The Bertz CT molecular complexity index is 565. The SMILES string of the molecule is CCNC(Cc1ccc(C)cc1Cl)C(C)c1ccccc1. The van der Waals surface area contributed by atoms with Gasteiger partial charge in [-0.3, -0.25) is 0 Å². The molecule has 0 heterocycles. The second-order valence-corrected chi connectivity index (χ2v) is 6.07. The molecule has 0 amide bonds. The molecule has 0 spiro atoms. The van der Waals surface area contributed by atoms with E-state index in [0.29, 0.717) is 12.0 Å². The van der Waals surface area contributed by atoms with E-state index in [4.69, 9.17) is 11.6 Å². The molecular weight excluding hydrogens is 278 g/mol. The second-order valence-electron chi connectivity index (χ2n) is 5.66. The molecule has 112 valence electrons. The average Bonchev–Trinajstić information content (AvgIpc) is 2.49. The van der Waals surface area contributed by atoms with Gasteiger partial charge in [0.1, 0.15) is 0 Å². The van der Waals surface area contributed by atoms with Crippen LogP contribution in [0.15, 0.2) is 48.5 Å². The average molecular weight is 302 g/mol. The summed E-state index contributed by atoms with van der Waals surface area (Å²) in [5.41, 5.74) is 3.79. The van der Waals surface area contributed by atoms with Crippen molar-refractivity contribution in [2.24, 2.45) is 0 Å². The Morgan fingerprint density at radius 3 is 2.43 bits per heavy atom. The summed E-state index contributed by atoms with van der Waals surface area (Å²) < 4.78 is 0. The lowest BCUT2D eigenvalue weighted by Crippen LogP contribution is -2.35. The van der Waals surface area contributed by atoms with Crippen LogP contribution in [0.4, 0.5) is 0 Å². The zero-order valence-electron chi connectivity index (χ0n) is 13.1. The highest BCUT2D eigenvalue weighted by atomic mass is 35.5. The fraction of sp³-hybridized carbons (Fsp3) is 0.368. The summed E-state index contributed by atoms with van der Waals surface area (Å²) in [7, 11) is 0. The normalized spacial score (nSPS) is 13.9. The van der Waals surface area contributed by atoms with Gasteiger partial charge in [0.25, 0.3) is 0 Å². The third-order valence-electron chi connectivity index (χ3n) is 4.04. The first-order valence-electron chi connectivity index (χ1n) is 7.65. The Morgan fingerprint density at radius 2 is 1.81 bits per heavy atom. The number of rotatable bonds is 6. The Morgan fingerprint density at radius 1 is 1.10 bits per heavy atom. The summed E-state index contributed by atoms with van der Waals surface area (Å²) in [5, 5.41) is 4.49. The summed E-state index contributed by atoms with van der Waals surface area (Å²) in [6.45, 7) is 7.47. The number of hydrogen-bond acceptors (Lipinski definition) is 1. The summed E-state index contributed by atoms with van der Waals surface area (Å²) >= 11 is 6.40. The van der Waals surface area contributed by atoms with Crippen LogP contribution in [0, 0.1) is 6.92 Å². The molecule has 2 atom stereocenters. The number of nitrogens with one attached hydrogen (secondary N) is 1. The highest BCUT2D eigenvalue weighted by Crippen LogP contribution is 2.25. The second kappa shape index (κ2) is 7.63. The highest BCUT2D eigenvalue weighted by molar-refractivity contribution is 6.31. The number of halogens is 1. The molecule has 21 heavy (non-hydrogen) atoms. The van der Waals surface area contributed by atoms with E-state index in [1.54, 1.807) is 0 Å². The van der Waals surface area contributed by atoms with Crippen molar-refractivity contribution in [3.63, 3.8) is 0 Å². The first-order chi connectivity index (χ1) is 10.1. The first kappa shape index (κ1) is 16.1. The van der Waals surface area contributed by atoms with Gasteiger partial charge in [0.2, 0.25) is 0 Å². The fourth-order valence-corrected chi connectivity index (χ4v) is 3.04. The Hall–Kier alpha value is -1.31. The van der Waals surface area contributed by atoms with Gasteiger partial charge >= 0.3 is 0 Å². The summed E-state index contributed by atoms with van der Waals surface area (Å²) in [6, 6.07) is 17.4. The maximum absolute atomic E-state index is 6.40. The van der Waals surface area contributed by atoms with E-state index in [0.717, 1.165) is 18.0 Å². The number of aryl methyl sites for hydroxylation is 1. The third kappa shape index (κ3) is 4.33. The van der Waals surface area contributed by atoms with Gasteiger partial charge in [-0.2, -0.15) is 0 Å². The van der Waals surface area contributed by atoms with Gasteiger partial charge in [0.05, 0.1) is 0 Å². The Kier molecular flexibility index (Phi) is 5.84. The molecule has 0 aliphatic rings. The lowest BCUT2D eigenvalue weighted by Gasteiger charge is -2.26. The van der Waals surface area contributed by atoms with Gasteiger partial charge in [-0.05, 0) is 48.6 Å². The quantitative estimate of drug-likeness (QED) is 0.794. The molecule has 0 bridgehead atoms. The minimum Gasteiger partial charge on any atom is -0.313 e.